The molecule has 40 heavy (non-hydrogen) atoms. The summed E-state index contributed by atoms with van der Waals surface area (Å²) in [7, 11) is 3.54. The van der Waals surface area contributed by atoms with Crippen molar-refractivity contribution in [3.05, 3.63) is 62.0 Å². The van der Waals surface area contributed by atoms with Crippen molar-refractivity contribution >= 4 is 40.0 Å². The standard InChI is InChI=1S/C14H21NO2S.C12H16O3S.C3H7.C2H2.Ni/c1-4-5-10-17-12-6-8-13(9-7-12)18-11-14(16)15(2)3;1-2-3-8-15-10-4-6-11(7-5-10)16-9-12(13)14;1-3-2;1-2;/h6-9H,4-5,10-11H2,1-3H3;4-7H,2-3,8-9H2,1H3,(H,13,14);1,3H2,2H3;1H2;/q;;-1;;/i11+1,14+1;9+1,12+1;;;. The zero-order valence-corrected chi connectivity index (χ0v) is 27.2. The number of thioether (sulfide) groups is 2. The van der Waals surface area contributed by atoms with Crippen LogP contribution in [0.3, 0.4) is 0 Å². The van der Waals surface area contributed by atoms with Crippen LogP contribution in [0.5, 0.6) is 11.5 Å². The van der Waals surface area contributed by atoms with Crippen LogP contribution in [0.1, 0.15) is 52.9 Å². The third-order valence-electron chi connectivity index (χ3n) is 4.40. The number of rotatable bonds is 14. The van der Waals surface area contributed by atoms with Gasteiger partial charge in [0.05, 0.1) is 24.7 Å². The van der Waals surface area contributed by atoms with Gasteiger partial charge in [0, 0.05) is 23.9 Å². The summed E-state index contributed by atoms with van der Waals surface area (Å²) in [5.74, 6) is 1.63. The Morgan fingerprint density at radius 3 is 1.52 bits per heavy atom. The van der Waals surface area contributed by atoms with E-state index in [2.05, 4.69) is 47.0 Å². The van der Waals surface area contributed by atoms with Crippen molar-refractivity contribution < 1.29 is 39.2 Å². The van der Waals surface area contributed by atoms with Crippen molar-refractivity contribution in [3.8, 4) is 11.5 Å². The van der Waals surface area contributed by atoms with Crippen molar-refractivity contribution in [1.82, 2.24) is 4.90 Å². The fourth-order valence-electron chi connectivity index (χ4n) is 2.35. The van der Waals surface area contributed by atoms with Crippen LogP contribution in [0.2, 0.25) is 0 Å². The van der Waals surface area contributed by atoms with Crippen LogP contribution < -0.4 is 9.47 Å². The van der Waals surface area contributed by atoms with Gasteiger partial charge >= 0.3 is 32.2 Å². The first-order valence-corrected chi connectivity index (χ1v) is 15.7. The summed E-state index contributed by atoms with van der Waals surface area (Å²) in [5.41, 5.74) is 0. The molecular formula is C31H46NNiO5S2-. The maximum atomic E-state index is 11.4. The Balaban J connectivity index is 0. The van der Waals surface area contributed by atoms with Gasteiger partial charge in [-0.05, 0) is 61.4 Å². The minimum Gasteiger partial charge on any atom is -0.494 e. The van der Waals surface area contributed by atoms with Gasteiger partial charge in [0.15, 0.2) is 0 Å². The summed E-state index contributed by atoms with van der Waals surface area (Å²) in [6.45, 7) is 14.3. The first-order valence-electron chi connectivity index (χ1n) is 13.2. The Bertz CT molecular complexity index is 932. The van der Waals surface area contributed by atoms with Gasteiger partial charge in [-0.2, -0.15) is 6.42 Å². The molecule has 0 saturated heterocycles. The number of amides is 1. The largest absolute Gasteiger partial charge is 0.494 e. The zero-order valence-electron chi connectivity index (χ0n) is 24.6. The molecule has 0 spiro atoms. The Hall–Kier alpha value is -2.18. The second-order valence-corrected chi connectivity index (χ2v) is 10.7. The van der Waals surface area contributed by atoms with E-state index in [0.29, 0.717) is 5.75 Å². The topological polar surface area (TPSA) is 76.1 Å². The first kappa shape index (κ1) is 40.0. The van der Waals surface area contributed by atoms with E-state index in [0.717, 1.165) is 66.6 Å². The molecule has 0 radical (unpaired) electrons. The predicted octanol–water partition coefficient (Wildman–Crippen LogP) is 7.44. The molecule has 1 N–H and O–H groups in total. The third kappa shape index (κ3) is 24.8. The number of carbonyl (C=O) groups excluding carboxylic acids is 1. The molecule has 1 amide bonds. The summed E-state index contributed by atoms with van der Waals surface area (Å²) < 4.78 is 13.2. The summed E-state index contributed by atoms with van der Waals surface area (Å²) >= 11 is 6.66. The maximum Gasteiger partial charge on any atom is 0.313 e. The zero-order chi connectivity index (χ0) is 30.6. The predicted molar refractivity (Wildman–Crippen MR) is 168 cm³/mol. The number of hydrogen-bond acceptors (Lipinski definition) is 6. The number of hydrogen-bond donors (Lipinski definition) is 1. The van der Waals surface area contributed by atoms with Gasteiger partial charge in [0.2, 0.25) is 5.91 Å². The average Bonchev–Trinajstić information content (AvgIpc) is 2.93. The Morgan fingerprint density at radius 2 is 1.23 bits per heavy atom. The number of aliphatic carboxylic acids is 1. The molecule has 0 saturated carbocycles. The van der Waals surface area contributed by atoms with E-state index in [-0.39, 0.29) is 11.7 Å². The summed E-state index contributed by atoms with van der Waals surface area (Å²) in [4.78, 5) is 25.5. The van der Waals surface area contributed by atoms with Gasteiger partial charge in [-0.1, -0.05) is 33.6 Å². The molecule has 2 rings (SSSR count). The molecule has 0 heterocycles. The maximum absolute atomic E-state index is 11.4. The van der Waals surface area contributed by atoms with E-state index in [9.17, 15) is 9.59 Å². The second kappa shape index (κ2) is 28.4. The van der Waals surface area contributed by atoms with Crippen molar-refractivity contribution in [1.29, 1.82) is 0 Å². The van der Waals surface area contributed by atoms with E-state index in [1.54, 1.807) is 30.8 Å². The molecule has 6 nitrogen and oxygen atoms in total. The fourth-order valence-corrected chi connectivity index (χ4v) is 3.85. The number of ether oxygens (including phenoxy) is 2. The van der Waals surface area contributed by atoms with E-state index in [1.807, 2.05) is 55.5 Å². The fraction of sp³-hybridized carbons (Fsp3) is 0.452. The quantitative estimate of drug-likeness (QED) is 0.0758. The SMILES string of the molecule is C=[C]=[Ni].CCCCOc1ccc(S[13CH2][13C](=O)N(C)C)cc1.CCCCOc1ccc(S[13CH2][13C](=O)O)cc1.[CH2-]CC. The Labute approximate surface area is 258 Å². The number of carboxylic acids is 1. The molecule has 2 aromatic rings. The van der Waals surface area contributed by atoms with Crippen LogP contribution in [-0.4, -0.2) is 65.3 Å². The summed E-state index contributed by atoms with van der Waals surface area (Å²) in [5, 5.41) is 8.53. The third-order valence-corrected chi connectivity index (χ3v) is 6.40. The van der Waals surface area contributed by atoms with Gasteiger partial charge in [-0.15, -0.1) is 23.5 Å². The Kier molecular flexibility index (Phi) is 28.3. The van der Waals surface area contributed by atoms with Gasteiger partial charge in [0.1, 0.15) is 11.5 Å². The molecular weight excluding hydrogens is 593 g/mol. The first-order chi connectivity index (χ1) is 19.2. The number of unbranched alkanes of at least 4 members (excludes halogenated alkanes) is 2. The Morgan fingerprint density at radius 1 is 0.875 bits per heavy atom. The van der Waals surface area contributed by atoms with Crippen LogP contribution in [0.15, 0.2) is 64.9 Å². The molecule has 228 valence electrons. The van der Waals surface area contributed by atoms with Crippen LogP contribution >= 0.6 is 23.5 Å². The van der Waals surface area contributed by atoms with Crippen molar-refractivity contribution in [2.45, 2.75) is 62.7 Å². The van der Waals surface area contributed by atoms with Crippen molar-refractivity contribution in [2.24, 2.45) is 0 Å². The normalized spacial score (nSPS) is 9.30. The van der Waals surface area contributed by atoms with Gasteiger partial charge in [0.25, 0.3) is 0 Å². The summed E-state index contributed by atoms with van der Waals surface area (Å²) in [6.07, 6.45) is 5.39. The van der Waals surface area contributed by atoms with Crippen LogP contribution in [0, 0.1) is 6.92 Å². The van der Waals surface area contributed by atoms with Crippen molar-refractivity contribution in [3.63, 3.8) is 0 Å². The van der Waals surface area contributed by atoms with Gasteiger partial charge in [-0.3, -0.25) is 9.59 Å². The minimum absolute atomic E-state index is 0.0933. The second-order valence-electron chi connectivity index (χ2n) is 8.22. The van der Waals surface area contributed by atoms with Crippen LogP contribution in [0.25, 0.3) is 0 Å². The molecule has 0 fully saturated rings. The number of benzene rings is 2. The minimum atomic E-state index is -0.798. The molecule has 2 aromatic carbocycles. The van der Waals surface area contributed by atoms with Crippen LogP contribution in [0.4, 0.5) is 0 Å². The number of carboxylic acid groups (broad SMARTS) is 1. The molecule has 0 atom stereocenters. The van der Waals surface area contributed by atoms with Gasteiger partial charge in [-0.25, -0.2) is 0 Å². The molecule has 0 unspecified atom stereocenters. The average molecular weight is 640 g/mol. The monoisotopic (exact) mass is 638 g/mol. The van der Waals surface area contributed by atoms with Gasteiger partial charge < -0.3 is 26.4 Å². The van der Waals surface area contributed by atoms with E-state index < -0.39 is 5.97 Å². The van der Waals surface area contributed by atoms with Crippen molar-refractivity contribution in [2.75, 3.05) is 38.8 Å². The molecule has 0 bridgehead atoms. The van der Waals surface area contributed by atoms with E-state index in [1.165, 1.54) is 11.8 Å². The molecule has 0 aliphatic heterocycles. The van der Waals surface area contributed by atoms with Crippen LogP contribution in [-0.2, 0) is 24.6 Å². The molecule has 0 aliphatic carbocycles. The van der Waals surface area contributed by atoms with E-state index in [4.69, 9.17) is 14.6 Å². The molecule has 0 aromatic heterocycles. The smallest absolute Gasteiger partial charge is 0.313 e. The van der Waals surface area contributed by atoms with E-state index >= 15 is 0 Å². The summed E-state index contributed by atoms with van der Waals surface area (Å²) in [6, 6.07) is 15.4. The molecule has 0 aliphatic rings. The number of nitrogens with zero attached hydrogens (tertiary/aromatic N) is 1. The number of carbonyl (C=O) groups is 2. The molecule has 9 heteroatoms.